The molecule has 0 amide bonds. The molecule has 0 aromatic heterocycles. The van der Waals surface area contributed by atoms with Crippen LogP contribution in [0.4, 0.5) is 13.2 Å². The van der Waals surface area contributed by atoms with Gasteiger partial charge in [-0.15, -0.1) is 0 Å². The van der Waals surface area contributed by atoms with Crippen LogP contribution in [0.2, 0.25) is 0 Å². The lowest BCUT2D eigenvalue weighted by atomic mass is 10.3. The Kier molecular flexibility index (Phi) is 4.86. The molecule has 1 N–H and O–H groups in total. The molecular formula is C10H18F3NO. The zero-order chi connectivity index (χ0) is 11.3. The maximum Gasteiger partial charge on any atom is 0.401 e. The lowest BCUT2D eigenvalue weighted by Gasteiger charge is -2.14. The van der Waals surface area contributed by atoms with E-state index in [-0.39, 0.29) is 12.6 Å². The van der Waals surface area contributed by atoms with Crippen molar-refractivity contribution < 1.29 is 17.9 Å². The Labute approximate surface area is 88.2 Å². The van der Waals surface area contributed by atoms with E-state index < -0.39 is 12.7 Å². The van der Waals surface area contributed by atoms with E-state index in [1.807, 2.05) is 0 Å². The van der Waals surface area contributed by atoms with E-state index in [4.69, 9.17) is 4.74 Å². The van der Waals surface area contributed by atoms with Crippen LogP contribution in [-0.4, -0.2) is 32.0 Å². The normalized spacial score (nSPS) is 19.2. The van der Waals surface area contributed by atoms with Crippen molar-refractivity contribution in [3.05, 3.63) is 0 Å². The Morgan fingerprint density at radius 3 is 2.60 bits per heavy atom. The van der Waals surface area contributed by atoms with Crippen molar-refractivity contribution in [1.82, 2.24) is 5.32 Å². The van der Waals surface area contributed by atoms with Gasteiger partial charge in [-0.3, -0.25) is 0 Å². The van der Waals surface area contributed by atoms with Crippen molar-refractivity contribution in [2.45, 2.75) is 38.5 Å². The second-order valence-corrected chi connectivity index (χ2v) is 4.16. The Hall–Kier alpha value is -0.290. The third-order valence-electron chi connectivity index (χ3n) is 2.38. The van der Waals surface area contributed by atoms with Crippen molar-refractivity contribution in [3.63, 3.8) is 0 Å². The predicted molar refractivity (Wildman–Crippen MR) is 51.7 cm³/mol. The summed E-state index contributed by atoms with van der Waals surface area (Å²) in [5, 5.41) is 2.33. The summed E-state index contributed by atoms with van der Waals surface area (Å²) < 4.78 is 40.7. The van der Waals surface area contributed by atoms with E-state index in [0.29, 0.717) is 6.61 Å². The molecule has 90 valence electrons. The first-order valence-electron chi connectivity index (χ1n) is 5.36. The highest BCUT2D eigenvalue weighted by molar-refractivity contribution is 4.72. The predicted octanol–water partition coefficient (Wildman–Crippen LogP) is 2.34. The molecular weight excluding hydrogens is 207 g/mol. The molecule has 0 aromatic rings. The summed E-state index contributed by atoms with van der Waals surface area (Å²) in [6.07, 6.45) is -0.669. The molecule has 1 fully saturated rings. The number of hydrogen-bond donors (Lipinski definition) is 1. The van der Waals surface area contributed by atoms with Gasteiger partial charge in [-0.2, -0.15) is 13.2 Å². The zero-order valence-electron chi connectivity index (χ0n) is 8.94. The Balaban J connectivity index is 1.90. The first-order chi connectivity index (χ1) is 6.97. The maximum absolute atomic E-state index is 11.8. The van der Waals surface area contributed by atoms with Gasteiger partial charge >= 0.3 is 6.18 Å². The number of ether oxygens (including phenoxy) is 1. The summed E-state index contributed by atoms with van der Waals surface area (Å²) in [5.74, 6) is 0.806. The second kappa shape index (κ2) is 5.70. The molecule has 0 radical (unpaired) electrons. The summed E-state index contributed by atoms with van der Waals surface area (Å²) in [5.41, 5.74) is 0. The van der Waals surface area contributed by atoms with Gasteiger partial charge in [0.1, 0.15) is 0 Å². The SMILES string of the molecule is CC(CNCC(F)(F)F)OCCC1CC1. The largest absolute Gasteiger partial charge is 0.401 e. The van der Waals surface area contributed by atoms with E-state index in [1.165, 1.54) is 12.8 Å². The van der Waals surface area contributed by atoms with Crippen LogP contribution in [-0.2, 0) is 4.74 Å². The summed E-state index contributed by atoms with van der Waals surface area (Å²) in [6, 6.07) is 0. The van der Waals surface area contributed by atoms with Crippen molar-refractivity contribution >= 4 is 0 Å². The minimum atomic E-state index is -4.13. The molecule has 0 spiro atoms. The van der Waals surface area contributed by atoms with Crippen LogP contribution in [0.15, 0.2) is 0 Å². The fourth-order valence-electron chi connectivity index (χ4n) is 1.32. The average molecular weight is 225 g/mol. The Morgan fingerprint density at radius 2 is 2.07 bits per heavy atom. The van der Waals surface area contributed by atoms with Crippen molar-refractivity contribution in [2.75, 3.05) is 19.7 Å². The van der Waals surface area contributed by atoms with Crippen LogP contribution < -0.4 is 5.32 Å². The van der Waals surface area contributed by atoms with Gasteiger partial charge in [0, 0.05) is 13.2 Å². The summed E-state index contributed by atoms with van der Waals surface area (Å²) in [6.45, 7) is 1.77. The van der Waals surface area contributed by atoms with Crippen LogP contribution in [0.3, 0.4) is 0 Å². The van der Waals surface area contributed by atoms with Gasteiger partial charge in [-0.25, -0.2) is 0 Å². The smallest absolute Gasteiger partial charge is 0.377 e. The molecule has 1 atom stereocenters. The minimum absolute atomic E-state index is 0.147. The highest BCUT2D eigenvalue weighted by Crippen LogP contribution is 2.32. The summed E-state index contributed by atoms with van der Waals surface area (Å²) in [4.78, 5) is 0. The van der Waals surface area contributed by atoms with E-state index in [9.17, 15) is 13.2 Å². The highest BCUT2D eigenvalue weighted by atomic mass is 19.4. The lowest BCUT2D eigenvalue weighted by molar-refractivity contribution is -0.125. The first kappa shape index (κ1) is 12.8. The molecule has 1 aliphatic rings. The summed E-state index contributed by atoms with van der Waals surface area (Å²) >= 11 is 0. The fraction of sp³-hybridized carbons (Fsp3) is 1.00. The van der Waals surface area contributed by atoms with Crippen LogP contribution >= 0.6 is 0 Å². The molecule has 5 heteroatoms. The minimum Gasteiger partial charge on any atom is -0.377 e. The topological polar surface area (TPSA) is 21.3 Å². The van der Waals surface area contributed by atoms with Crippen molar-refractivity contribution in [3.8, 4) is 0 Å². The molecule has 1 unspecified atom stereocenters. The van der Waals surface area contributed by atoms with Gasteiger partial charge in [-0.1, -0.05) is 12.8 Å². The highest BCUT2D eigenvalue weighted by Gasteiger charge is 2.26. The molecule has 0 saturated heterocycles. The molecule has 2 nitrogen and oxygen atoms in total. The molecule has 1 rings (SSSR count). The van der Waals surface area contributed by atoms with E-state index in [1.54, 1.807) is 6.92 Å². The zero-order valence-corrected chi connectivity index (χ0v) is 8.94. The standard InChI is InChI=1S/C10H18F3NO/c1-8(6-14-7-10(11,12)13)15-5-4-9-2-3-9/h8-9,14H,2-7H2,1H3. The van der Waals surface area contributed by atoms with Crippen molar-refractivity contribution in [1.29, 1.82) is 0 Å². The van der Waals surface area contributed by atoms with E-state index in [2.05, 4.69) is 5.32 Å². The number of rotatable bonds is 7. The van der Waals surface area contributed by atoms with E-state index >= 15 is 0 Å². The third kappa shape index (κ3) is 7.62. The molecule has 0 aliphatic heterocycles. The monoisotopic (exact) mass is 225 g/mol. The Bertz CT molecular complexity index is 180. The maximum atomic E-state index is 11.8. The fourth-order valence-corrected chi connectivity index (χ4v) is 1.32. The Morgan fingerprint density at radius 1 is 1.40 bits per heavy atom. The number of alkyl halides is 3. The lowest BCUT2D eigenvalue weighted by Crippen LogP contribution is -2.34. The third-order valence-corrected chi connectivity index (χ3v) is 2.38. The molecule has 1 aliphatic carbocycles. The van der Waals surface area contributed by atoms with Gasteiger partial charge < -0.3 is 10.1 Å². The quantitative estimate of drug-likeness (QED) is 0.718. The molecule has 0 heterocycles. The number of halogens is 3. The first-order valence-corrected chi connectivity index (χ1v) is 5.36. The van der Waals surface area contributed by atoms with Gasteiger partial charge in [0.2, 0.25) is 0 Å². The molecule has 1 saturated carbocycles. The number of hydrogen-bond acceptors (Lipinski definition) is 2. The molecule has 0 bridgehead atoms. The summed E-state index contributed by atoms with van der Waals surface area (Å²) in [7, 11) is 0. The number of nitrogens with one attached hydrogen (secondary N) is 1. The molecule has 0 aromatic carbocycles. The molecule has 15 heavy (non-hydrogen) atoms. The van der Waals surface area contributed by atoms with Crippen LogP contribution in [0.25, 0.3) is 0 Å². The second-order valence-electron chi connectivity index (χ2n) is 4.16. The van der Waals surface area contributed by atoms with Gasteiger partial charge in [-0.05, 0) is 19.3 Å². The van der Waals surface area contributed by atoms with Crippen LogP contribution in [0, 0.1) is 5.92 Å². The van der Waals surface area contributed by atoms with Gasteiger partial charge in [0.15, 0.2) is 0 Å². The average Bonchev–Trinajstić information content (AvgIpc) is 2.85. The van der Waals surface area contributed by atoms with Gasteiger partial charge in [0.25, 0.3) is 0 Å². The van der Waals surface area contributed by atoms with E-state index in [0.717, 1.165) is 12.3 Å². The van der Waals surface area contributed by atoms with Crippen LogP contribution in [0.1, 0.15) is 26.2 Å². The van der Waals surface area contributed by atoms with Crippen molar-refractivity contribution in [2.24, 2.45) is 5.92 Å². The van der Waals surface area contributed by atoms with Gasteiger partial charge in [0.05, 0.1) is 12.6 Å². The van der Waals surface area contributed by atoms with Crippen LogP contribution in [0.5, 0.6) is 0 Å².